The third kappa shape index (κ3) is 4.80. The Morgan fingerprint density at radius 1 is 1.40 bits per heavy atom. The molecule has 0 fully saturated rings. The summed E-state index contributed by atoms with van der Waals surface area (Å²) in [5, 5.41) is 9.08. The minimum absolute atomic E-state index is 0.303. The minimum Gasteiger partial charge on any atom is -0.465 e. The molecule has 0 unspecified atom stereocenters. The molecular formula is C13H15BrFNO4. The molecule has 20 heavy (non-hydrogen) atoms. The maximum atomic E-state index is 13.2. The van der Waals surface area contributed by atoms with Crippen LogP contribution in [0.2, 0.25) is 0 Å². The van der Waals surface area contributed by atoms with Crippen molar-refractivity contribution in [1.82, 2.24) is 4.90 Å². The molecule has 0 atom stereocenters. The Kier molecular flexibility index (Phi) is 5.10. The van der Waals surface area contributed by atoms with Gasteiger partial charge in [-0.25, -0.2) is 18.9 Å². The lowest BCUT2D eigenvalue weighted by Gasteiger charge is -2.24. The summed E-state index contributed by atoms with van der Waals surface area (Å²) in [7, 11) is 0. The zero-order chi connectivity index (χ0) is 15.5. The summed E-state index contributed by atoms with van der Waals surface area (Å²) in [6.45, 7) is 4.58. The van der Waals surface area contributed by atoms with E-state index in [0.717, 1.165) is 6.07 Å². The van der Waals surface area contributed by atoms with Crippen molar-refractivity contribution in [2.75, 3.05) is 0 Å². The predicted octanol–water partition coefficient (Wildman–Crippen LogP) is 4.00. The van der Waals surface area contributed by atoms with Crippen LogP contribution in [0.3, 0.4) is 0 Å². The largest absolute Gasteiger partial charge is 0.465 e. The van der Waals surface area contributed by atoms with E-state index >= 15 is 0 Å². The average Bonchev–Trinajstić information content (AvgIpc) is 2.27. The highest BCUT2D eigenvalue weighted by molar-refractivity contribution is 9.10. The zero-order valence-electron chi connectivity index (χ0n) is 11.3. The Hall–Kier alpha value is -1.63. The molecule has 0 bridgehead atoms. The third-order valence-corrected chi connectivity index (χ3v) is 2.95. The van der Waals surface area contributed by atoms with Gasteiger partial charge < -0.3 is 9.84 Å². The number of carboxylic acid groups (broad SMARTS) is 1. The highest BCUT2D eigenvalue weighted by Crippen LogP contribution is 2.21. The number of amides is 2. The van der Waals surface area contributed by atoms with Crippen LogP contribution in [0.5, 0.6) is 0 Å². The number of carbonyl (C=O) groups is 2. The van der Waals surface area contributed by atoms with Gasteiger partial charge in [0.25, 0.3) is 0 Å². The van der Waals surface area contributed by atoms with Crippen LogP contribution in [0, 0.1) is 5.82 Å². The van der Waals surface area contributed by atoms with Gasteiger partial charge in [-0.15, -0.1) is 0 Å². The molecule has 0 aromatic heterocycles. The SMILES string of the molecule is CC(C)(C)OC(=O)N(Cc1cc(F)ccc1Br)C(=O)O. The van der Waals surface area contributed by atoms with Gasteiger partial charge in [-0.2, -0.15) is 0 Å². The molecule has 7 heteroatoms. The van der Waals surface area contributed by atoms with Gasteiger partial charge >= 0.3 is 12.2 Å². The van der Waals surface area contributed by atoms with Crippen LogP contribution in [0.4, 0.5) is 14.0 Å². The summed E-state index contributed by atoms with van der Waals surface area (Å²) >= 11 is 3.18. The number of ether oxygens (including phenoxy) is 1. The maximum Gasteiger partial charge on any atom is 0.420 e. The van der Waals surface area contributed by atoms with E-state index in [0.29, 0.717) is 14.9 Å². The maximum absolute atomic E-state index is 13.2. The van der Waals surface area contributed by atoms with Crippen molar-refractivity contribution in [3.63, 3.8) is 0 Å². The number of benzene rings is 1. The number of halogens is 2. The second-order valence-corrected chi connectivity index (χ2v) is 5.94. The van der Waals surface area contributed by atoms with E-state index in [9.17, 15) is 14.0 Å². The van der Waals surface area contributed by atoms with Gasteiger partial charge in [0.2, 0.25) is 0 Å². The Morgan fingerprint density at radius 3 is 2.50 bits per heavy atom. The topological polar surface area (TPSA) is 66.8 Å². The van der Waals surface area contributed by atoms with E-state index in [4.69, 9.17) is 9.84 Å². The first-order chi connectivity index (χ1) is 9.10. The molecule has 0 aliphatic carbocycles. The molecule has 0 radical (unpaired) electrons. The van der Waals surface area contributed by atoms with Crippen LogP contribution >= 0.6 is 15.9 Å². The fraction of sp³-hybridized carbons (Fsp3) is 0.385. The lowest BCUT2D eigenvalue weighted by atomic mass is 10.2. The Labute approximate surface area is 124 Å². The quantitative estimate of drug-likeness (QED) is 0.877. The van der Waals surface area contributed by atoms with Gasteiger partial charge in [0.15, 0.2) is 0 Å². The fourth-order valence-corrected chi connectivity index (χ4v) is 1.73. The molecule has 5 nitrogen and oxygen atoms in total. The van der Waals surface area contributed by atoms with E-state index in [1.165, 1.54) is 12.1 Å². The van der Waals surface area contributed by atoms with Crippen molar-refractivity contribution < 1.29 is 23.8 Å². The molecule has 0 aliphatic heterocycles. The molecule has 0 saturated carbocycles. The highest BCUT2D eigenvalue weighted by Gasteiger charge is 2.27. The molecule has 1 N–H and O–H groups in total. The van der Waals surface area contributed by atoms with Crippen molar-refractivity contribution in [1.29, 1.82) is 0 Å². The number of imide groups is 1. The summed E-state index contributed by atoms with van der Waals surface area (Å²) in [6.07, 6.45) is -2.46. The van der Waals surface area contributed by atoms with E-state index in [1.807, 2.05) is 0 Å². The molecule has 1 aromatic rings. The van der Waals surface area contributed by atoms with Crippen LogP contribution in [0.25, 0.3) is 0 Å². The molecule has 1 rings (SSSR count). The second kappa shape index (κ2) is 6.21. The number of carbonyl (C=O) groups excluding carboxylic acids is 1. The second-order valence-electron chi connectivity index (χ2n) is 5.08. The van der Waals surface area contributed by atoms with E-state index in [-0.39, 0.29) is 6.54 Å². The number of rotatable bonds is 2. The van der Waals surface area contributed by atoms with Gasteiger partial charge in [0.05, 0.1) is 6.54 Å². The monoisotopic (exact) mass is 347 g/mol. The van der Waals surface area contributed by atoms with Crippen molar-refractivity contribution in [3.8, 4) is 0 Å². The van der Waals surface area contributed by atoms with E-state index in [1.54, 1.807) is 20.8 Å². The predicted molar refractivity (Wildman–Crippen MR) is 73.9 cm³/mol. The Balaban J connectivity index is 2.96. The first-order valence-electron chi connectivity index (χ1n) is 5.77. The molecule has 0 saturated heterocycles. The van der Waals surface area contributed by atoms with Crippen molar-refractivity contribution in [3.05, 3.63) is 34.1 Å². The first-order valence-corrected chi connectivity index (χ1v) is 6.57. The van der Waals surface area contributed by atoms with Crippen LogP contribution in [0.1, 0.15) is 26.3 Å². The number of hydrogen-bond acceptors (Lipinski definition) is 3. The van der Waals surface area contributed by atoms with E-state index < -0.39 is 23.6 Å². The van der Waals surface area contributed by atoms with Gasteiger partial charge in [0, 0.05) is 4.47 Å². The Morgan fingerprint density at radius 2 is 2.00 bits per heavy atom. The van der Waals surface area contributed by atoms with Crippen LogP contribution in [-0.4, -0.2) is 27.8 Å². The fourth-order valence-electron chi connectivity index (χ4n) is 1.36. The third-order valence-electron chi connectivity index (χ3n) is 2.18. The lowest BCUT2D eigenvalue weighted by molar-refractivity contribution is 0.0255. The molecule has 0 aliphatic rings. The Bertz CT molecular complexity index is 528. The first kappa shape index (κ1) is 16.4. The van der Waals surface area contributed by atoms with Gasteiger partial charge in [-0.1, -0.05) is 15.9 Å². The summed E-state index contributed by atoms with van der Waals surface area (Å²) < 4.78 is 18.7. The zero-order valence-corrected chi connectivity index (χ0v) is 12.9. The minimum atomic E-state index is -1.46. The standard InChI is InChI=1S/C13H15BrFNO4/c1-13(2,3)20-12(19)16(11(17)18)7-8-6-9(15)4-5-10(8)14/h4-6H,7H2,1-3H3,(H,17,18). The summed E-state index contributed by atoms with van der Waals surface area (Å²) in [5.41, 5.74) is -0.484. The van der Waals surface area contributed by atoms with Gasteiger partial charge in [-0.3, -0.25) is 0 Å². The normalized spacial score (nSPS) is 11.1. The summed E-state index contributed by atoms with van der Waals surface area (Å²) in [5.74, 6) is -0.516. The molecule has 1 aromatic carbocycles. The van der Waals surface area contributed by atoms with Gasteiger partial charge in [0.1, 0.15) is 11.4 Å². The molecule has 0 spiro atoms. The summed E-state index contributed by atoms with van der Waals surface area (Å²) in [4.78, 5) is 23.4. The molecule has 0 heterocycles. The van der Waals surface area contributed by atoms with Crippen molar-refractivity contribution in [2.24, 2.45) is 0 Å². The smallest absolute Gasteiger partial charge is 0.420 e. The summed E-state index contributed by atoms with van der Waals surface area (Å²) in [6, 6.07) is 3.83. The van der Waals surface area contributed by atoms with Crippen molar-refractivity contribution >= 4 is 28.1 Å². The van der Waals surface area contributed by atoms with Crippen LogP contribution in [0.15, 0.2) is 22.7 Å². The van der Waals surface area contributed by atoms with Crippen LogP contribution < -0.4 is 0 Å². The average molecular weight is 348 g/mol. The lowest BCUT2D eigenvalue weighted by Crippen LogP contribution is -2.39. The number of hydrogen-bond donors (Lipinski definition) is 1. The van der Waals surface area contributed by atoms with Crippen LogP contribution in [-0.2, 0) is 11.3 Å². The molecule has 2 amide bonds. The van der Waals surface area contributed by atoms with E-state index in [2.05, 4.69) is 15.9 Å². The number of nitrogens with zero attached hydrogens (tertiary/aromatic N) is 1. The molecular weight excluding hydrogens is 333 g/mol. The highest BCUT2D eigenvalue weighted by atomic mass is 79.9. The molecule has 110 valence electrons. The van der Waals surface area contributed by atoms with Gasteiger partial charge in [-0.05, 0) is 44.5 Å². The van der Waals surface area contributed by atoms with Crippen molar-refractivity contribution in [2.45, 2.75) is 32.9 Å².